The predicted octanol–water partition coefficient (Wildman–Crippen LogP) is 14.9. The molecule has 0 spiro atoms. The SMILES string of the molecule is C1=CC(c2nc(-c3ccncc3)cc(-c3ccc(-c4cc(-n5c6ccccc6c6cc(-c7ccccc7)ccc65)cc(-n5c6ccccc6c6cc(-c7ccccc7)ccc65)c4)cc3)n2)=CCN1. The van der Waals surface area contributed by atoms with Gasteiger partial charge in [0.2, 0.25) is 0 Å². The van der Waals surface area contributed by atoms with Crippen LogP contribution >= 0.6 is 0 Å². The fraction of sp³-hybridized carbons (Fsp3) is 0.0161. The van der Waals surface area contributed by atoms with Crippen molar-refractivity contribution in [2.24, 2.45) is 0 Å². The Hall–Kier alpha value is -9.13. The largest absolute Gasteiger partial charge is 0.387 e. The van der Waals surface area contributed by atoms with E-state index in [2.05, 4.69) is 220 Å². The Morgan fingerprint density at radius 1 is 0.368 bits per heavy atom. The van der Waals surface area contributed by atoms with Crippen molar-refractivity contribution in [1.29, 1.82) is 0 Å². The highest BCUT2D eigenvalue weighted by Gasteiger charge is 2.19. The quantitative estimate of drug-likeness (QED) is 0.165. The first kappa shape index (κ1) is 39.3. The Kier molecular flexibility index (Phi) is 9.46. The average Bonchev–Trinajstić information content (AvgIpc) is 3.94. The molecule has 0 aliphatic carbocycles. The van der Waals surface area contributed by atoms with Crippen LogP contribution in [0.2, 0.25) is 0 Å². The summed E-state index contributed by atoms with van der Waals surface area (Å²) in [4.78, 5) is 14.4. The summed E-state index contributed by atoms with van der Waals surface area (Å²) in [7, 11) is 0. The molecule has 0 saturated carbocycles. The van der Waals surface area contributed by atoms with E-state index in [-0.39, 0.29) is 0 Å². The number of dihydropyridines is 1. The van der Waals surface area contributed by atoms with Gasteiger partial charge in [0.25, 0.3) is 0 Å². The topological polar surface area (TPSA) is 60.6 Å². The lowest BCUT2D eigenvalue weighted by Crippen LogP contribution is -2.09. The number of aromatic nitrogens is 5. The Morgan fingerprint density at radius 2 is 0.838 bits per heavy atom. The van der Waals surface area contributed by atoms with Crippen LogP contribution in [-0.4, -0.2) is 30.6 Å². The first-order valence-corrected chi connectivity index (χ1v) is 23.0. The number of nitrogens with one attached hydrogen (secondary N) is 1. The number of nitrogens with zero attached hydrogens (tertiary/aromatic N) is 5. The second kappa shape index (κ2) is 16.4. The fourth-order valence-corrected chi connectivity index (χ4v) is 9.99. The molecular weight excluding hydrogens is 829 g/mol. The van der Waals surface area contributed by atoms with Crippen molar-refractivity contribution in [2.75, 3.05) is 6.54 Å². The maximum Gasteiger partial charge on any atom is 0.160 e. The van der Waals surface area contributed by atoms with Crippen molar-refractivity contribution in [3.8, 4) is 67.3 Å². The van der Waals surface area contributed by atoms with E-state index in [9.17, 15) is 0 Å². The van der Waals surface area contributed by atoms with Crippen LogP contribution in [0.25, 0.3) is 116 Å². The minimum atomic E-state index is 0.692. The number of rotatable bonds is 8. The van der Waals surface area contributed by atoms with Gasteiger partial charge < -0.3 is 14.5 Å². The molecule has 0 unspecified atom stereocenters. The van der Waals surface area contributed by atoms with Gasteiger partial charge >= 0.3 is 0 Å². The van der Waals surface area contributed by atoms with Crippen molar-refractivity contribution in [3.63, 3.8) is 0 Å². The third-order valence-electron chi connectivity index (χ3n) is 13.3. The number of hydrogen-bond donors (Lipinski definition) is 1. The van der Waals surface area contributed by atoms with Crippen LogP contribution in [0.1, 0.15) is 5.82 Å². The second-order valence-corrected chi connectivity index (χ2v) is 17.3. The van der Waals surface area contributed by atoms with Gasteiger partial charge in [-0.1, -0.05) is 140 Å². The van der Waals surface area contributed by atoms with Crippen LogP contribution in [0, 0.1) is 0 Å². The molecule has 0 fully saturated rings. The summed E-state index contributed by atoms with van der Waals surface area (Å²) in [6.45, 7) is 0.729. The van der Waals surface area contributed by atoms with E-state index in [4.69, 9.17) is 9.97 Å². The van der Waals surface area contributed by atoms with E-state index in [0.717, 1.165) is 79.2 Å². The summed E-state index contributed by atoms with van der Waals surface area (Å²) < 4.78 is 4.88. The van der Waals surface area contributed by atoms with Gasteiger partial charge in [-0.15, -0.1) is 0 Å². The molecule has 1 aliphatic rings. The van der Waals surface area contributed by atoms with Crippen molar-refractivity contribution in [2.45, 2.75) is 0 Å². The molecule has 1 aliphatic heterocycles. The average molecular weight is 871 g/mol. The minimum absolute atomic E-state index is 0.692. The van der Waals surface area contributed by atoms with E-state index >= 15 is 0 Å². The van der Waals surface area contributed by atoms with Gasteiger partial charge in [0.15, 0.2) is 5.82 Å². The number of benzene rings is 8. The highest BCUT2D eigenvalue weighted by atomic mass is 15.0. The summed E-state index contributed by atoms with van der Waals surface area (Å²) >= 11 is 0. The maximum atomic E-state index is 5.14. The highest BCUT2D eigenvalue weighted by molar-refractivity contribution is 6.12. The molecule has 0 amide bonds. The Bertz CT molecular complexity index is 3760. The van der Waals surface area contributed by atoms with Crippen molar-refractivity contribution < 1.29 is 0 Å². The van der Waals surface area contributed by atoms with Gasteiger partial charge in [-0.2, -0.15) is 0 Å². The third-order valence-corrected chi connectivity index (χ3v) is 13.3. The molecule has 0 atom stereocenters. The first-order valence-electron chi connectivity index (χ1n) is 23.0. The van der Waals surface area contributed by atoms with Gasteiger partial charge in [-0.25, -0.2) is 9.97 Å². The van der Waals surface area contributed by atoms with E-state index in [1.807, 2.05) is 24.4 Å². The third kappa shape index (κ3) is 6.86. The molecule has 8 aromatic carbocycles. The molecule has 68 heavy (non-hydrogen) atoms. The zero-order chi connectivity index (χ0) is 45.0. The predicted molar refractivity (Wildman–Crippen MR) is 281 cm³/mol. The molecule has 0 radical (unpaired) electrons. The van der Waals surface area contributed by atoms with Gasteiger partial charge in [0, 0.05) is 68.6 Å². The molecule has 13 rings (SSSR count). The van der Waals surface area contributed by atoms with E-state index in [1.54, 1.807) is 12.4 Å². The summed E-state index contributed by atoms with van der Waals surface area (Å²) in [6, 6.07) is 74.6. The molecule has 12 aromatic rings. The van der Waals surface area contributed by atoms with Crippen molar-refractivity contribution >= 4 is 49.2 Å². The van der Waals surface area contributed by atoms with Crippen molar-refractivity contribution in [3.05, 3.63) is 243 Å². The summed E-state index contributed by atoms with van der Waals surface area (Å²) in [5.74, 6) is 0.692. The van der Waals surface area contributed by atoms with Crippen LogP contribution in [0.3, 0.4) is 0 Å². The molecule has 5 heterocycles. The summed E-state index contributed by atoms with van der Waals surface area (Å²) in [5.41, 5.74) is 18.5. The molecule has 0 bridgehead atoms. The lowest BCUT2D eigenvalue weighted by Gasteiger charge is -2.16. The molecule has 4 aromatic heterocycles. The monoisotopic (exact) mass is 870 g/mol. The minimum Gasteiger partial charge on any atom is -0.387 e. The first-order chi connectivity index (χ1) is 33.7. The fourth-order valence-electron chi connectivity index (χ4n) is 9.99. The normalized spacial score (nSPS) is 12.5. The van der Waals surface area contributed by atoms with Gasteiger partial charge in [-0.3, -0.25) is 4.98 Å². The van der Waals surface area contributed by atoms with Crippen LogP contribution in [0.5, 0.6) is 0 Å². The lowest BCUT2D eigenvalue weighted by atomic mass is 10.00. The lowest BCUT2D eigenvalue weighted by molar-refractivity contribution is 0.969. The molecule has 320 valence electrons. The Balaban J connectivity index is 1.01. The second-order valence-electron chi connectivity index (χ2n) is 17.3. The molecular formula is C62H42N6. The van der Waals surface area contributed by atoms with Crippen LogP contribution < -0.4 is 5.32 Å². The number of fused-ring (bicyclic) bond motifs is 6. The summed E-state index contributed by atoms with van der Waals surface area (Å²) in [6.07, 6.45) is 9.73. The molecule has 0 saturated heterocycles. The number of pyridine rings is 1. The number of para-hydroxylation sites is 2. The highest BCUT2D eigenvalue weighted by Crippen LogP contribution is 2.40. The molecule has 1 N–H and O–H groups in total. The maximum absolute atomic E-state index is 5.14. The van der Waals surface area contributed by atoms with Gasteiger partial charge in [0.05, 0.1) is 33.5 Å². The van der Waals surface area contributed by atoms with E-state index in [0.29, 0.717) is 5.82 Å². The zero-order valence-electron chi connectivity index (χ0n) is 37.0. The van der Waals surface area contributed by atoms with E-state index in [1.165, 1.54) is 43.8 Å². The van der Waals surface area contributed by atoms with Gasteiger partial charge in [-0.05, 0) is 118 Å². The van der Waals surface area contributed by atoms with Crippen LogP contribution in [0.15, 0.2) is 237 Å². The molecule has 6 nitrogen and oxygen atoms in total. The Morgan fingerprint density at radius 3 is 1.38 bits per heavy atom. The van der Waals surface area contributed by atoms with Crippen molar-refractivity contribution in [1.82, 2.24) is 29.4 Å². The zero-order valence-corrected chi connectivity index (χ0v) is 37.0. The van der Waals surface area contributed by atoms with Gasteiger partial charge in [0.1, 0.15) is 0 Å². The number of allylic oxidation sites excluding steroid dienone is 2. The Labute approximate surface area is 393 Å². The van der Waals surface area contributed by atoms with Crippen LogP contribution in [-0.2, 0) is 0 Å². The smallest absolute Gasteiger partial charge is 0.160 e. The number of hydrogen-bond acceptors (Lipinski definition) is 4. The summed E-state index contributed by atoms with van der Waals surface area (Å²) in [5, 5.41) is 8.12. The standard InChI is InChI=1S/C62H42N6/c1-3-11-41(12-4-1)47-23-25-60-54(37-47)52-15-7-9-17-58(52)67(60)50-35-49(36-51(39-50)68-59-18-10-8-16-53(59)55-38-48(24-26-61(55)68)42-13-5-2-6-14-42)43-19-21-44(22-20-43)56-40-57(45-27-31-63-32-28-45)66-62(65-56)46-29-33-64-34-30-46/h1-33,35-40,64H,34H2. The molecule has 6 heteroatoms. The van der Waals surface area contributed by atoms with Crippen LogP contribution in [0.4, 0.5) is 0 Å². The van der Waals surface area contributed by atoms with E-state index < -0.39 is 0 Å².